The van der Waals surface area contributed by atoms with Gasteiger partial charge in [0.2, 0.25) is 0 Å². The Balaban J connectivity index is 0.000000241. The van der Waals surface area contributed by atoms with Crippen LogP contribution in [0.5, 0.6) is 0 Å². The van der Waals surface area contributed by atoms with E-state index in [2.05, 4.69) is 46.2 Å². The van der Waals surface area contributed by atoms with Crippen molar-refractivity contribution >= 4 is 5.97 Å². The van der Waals surface area contributed by atoms with Crippen LogP contribution in [0.3, 0.4) is 0 Å². The van der Waals surface area contributed by atoms with Gasteiger partial charge in [0.15, 0.2) is 0 Å². The van der Waals surface area contributed by atoms with Crippen molar-refractivity contribution in [3.63, 3.8) is 0 Å². The zero-order valence-corrected chi connectivity index (χ0v) is 10.7. The standard InChI is InChI=1S/C3H6O2.3C2H3N3/c1-2-3(4)5;3*1-2-4-5-3-1/h2H2,1H3,(H,4,5);3*1-2H,(H,3,4,5). The Morgan fingerprint density at radius 3 is 1.05 bits per heavy atom. The van der Waals surface area contributed by atoms with Crippen LogP contribution in [0.25, 0.3) is 0 Å². The number of carboxylic acid groups (broad SMARTS) is 1. The molecule has 4 N–H and O–H groups in total. The highest BCUT2D eigenvalue weighted by Gasteiger charge is 1.80. The molecule has 3 aromatic heterocycles. The Morgan fingerprint density at radius 1 is 0.800 bits per heavy atom. The van der Waals surface area contributed by atoms with Crippen LogP contribution in [0.4, 0.5) is 0 Å². The molecule has 0 atom stereocenters. The van der Waals surface area contributed by atoms with E-state index in [9.17, 15) is 4.79 Å². The number of hydrogen-bond donors (Lipinski definition) is 4. The molecular formula is C9H15N9O2. The number of aliphatic carboxylic acids is 1. The van der Waals surface area contributed by atoms with E-state index < -0.39 is 5.97 Å². The zero-order chi connectivity index (χ0) is 14.9. The summed E-state index contributed by atoms with van der Waals surface area (Å²) in [5, 5.41) is 35.7. The lowest BCUT2D eigenvalue weighted by molar-refractivity contribution is -0.136. The van der Waals surface area contributed by atoms with Crippen LogP contribution in [0, 0.1) is 0 Å². The molecule has 0 aliphatic carbocycles. The SMILES string of the molecule is CCC(=O)O.c1cn[nH]n1.c1cn[nH]n1.c1cn[nH]n1. The molecule has 0 radical (unpaired) electrons. The molecule has 0 bridgehead atoms. The van der Waals surface area contributed by atoms with E-state index in [0.717, 1.165) is 0 Å². The summed E-state index contributed by atoms with van der Waals surface area (Å²) in [4.78, 5) is 9.37. The van der Waals surface area contributed by atoms with Crippen molar-refractivity contribution in [2.24, 2.45) is 0 Å². The topological polar surface area (TPSA) is 162 Å². The van der Waals surface area contributed by atoms with Gasteiger partial charge in [-0.1, -0.05) is 6.92 Å². The molecule has 0 saturated heterocycles. The lowest BCUT2D eigenvalue weighted by Crippen LogP contribution is -1.86. The molecule has 3 heterocycles. The number of aromatic nitrogens is 9. The monoisotopic (exact) mass is 281 g/mol. The summed E-state index contributed by atoms with van der Waals surface area (Å²) in [5.41, 5.74) is 0. The minimum Gasteiger partial charge on any atom is -0.481 e. The van der Waals surface area contributed by atoms with Crippen molar-refractivity contribution in [1.82, 2.24) is 46.2 Å². The van der Waals surface area contributed by atoms with Gasteiger partial charge in [-0.15, -0.1) is 0 Å². The molecule has 11 nitrogen and oxygen atoms in total. The van der Waals surface area contributed by atoms with Gasteiger partial charge in [-0.3, -0.25) is 4.79 Å². The first kappa shape index (κ1) is 16.9. The van der Waals surface area contributed by atoms with E-state index in [4.69, 9.17) is 5.11 Å². The van der Waals surface area contributed by atoms with Crippen molar-refractivity contribution < 1.29 is 9.90 Å². The number of hydrogen-bond acceptors (Lipinski definition) is 7. The molecule has 3 rings (SSSR count). The lowest BCUT2D eigenvalue weighted by atomic mass is 10.5. The van der Waals surface area contributed by atoms with E-state index >= 15 is 0 Å². The average molecular weight is 281 g/mol. The van der Waals surface area contributed by atoms with Crippen LogP contribution < -0.4 is 0 Å². The number of aromatic amines is 3. The maximum Gasteiger partial charge on any atom is 0.303 e. The van der Waals surface area contributed by atoms with Gasteiger partial charge in [0.1, 0.15) is 0 Å². The van der Waals surface area contributed by atoms with Crippen molar-refractivity contribution in [1.29, 1.82) is 0 Å². The molecule has 0 saturated carbocycles. The second kappa shape index (κ2) is 14.0. The second-order valence-electron chi connectivity index (χ2n) is 2.72. The highest BCUT2D eigenvalue weighted by atomic mass is 16.4. The Hall–Kier alpha value is -3.11. The lowest BCUT2D eigenvalue weighted by Gasteiger charge is -1.71. The van der Waals surface area contributed by atoms with Crippen molar-refractivity contribution in [2.75, 3.05) is 0 Å². The molecule has 0 amide bonds. The van der Waals surface area contributed by atoms with Crippen LogP contribution >= 0.6 is 0 Å². The third kappa shape index (κ3) is 14.9. The Morgan fingerprint density at radius 2 is 1.00 bits per heavy atom. The smallest absolute Gasteiger partial charge is 0.303 e. The van der Waals surface area contributed by atoms with Crippen LogP contribution in [0.15, 0.2) is 37.2 Å². The number of nitrogens with zero attached hydrogens (tertiary/aromatic N) is 6. The summed E-state index contributed by atoms with van der Waals surface area (Å²) in [6, 6.07) is 0. The summed E-state index contributed by atoms with van der Waals surface area (Å²) in [6.45, 7) is 1.60. The molecule has 0 aromatic carbocycles. The summed E-state index contributed by atoms with van der Waals surface area (Å²) in [5.74, 6) is -0.745. The zero-order valence-electron chi connectivity index (χ0n) is 10.7. The van der Waals surface area contributed by atoms with Crippen LogP contribution in [0.1, 0.15) is 13.3 Å². The predicted molar refractivity (Wildman–Crippen MR) is 67.1 cm³/mol. The number of rotatable bonds is 1. The van der Waals surface area contributed by atoms with Crippen molar-refractivity contribution in [2.45, 2.75) is 13.3 Å². The van der Waals surface area contributed by atoms with Crippen molar-refractivity contribution in [3.8, 4) is 0 Å². The number of H-pyrrole nitrogens is 3. The fraction of sp³-hybridized carbons (Fsp3) is 0.222. The molecule has 0 fully saturated rings. The van der Waals surface area contributed by atoms with Gasteiger partial charge in [0.25, 0.3) is 0 Å². The maximum absolute atomic E-state index is 9.37. The summed E-state index contributed by atoms with van der Waals surface area (Å²) in [6.07, 6.45) is 9.72. The Kier molecular flexibility index (Phi) is 11.8. The highest BCUT2D eigenvalue weighted by molar-refractivity contribution is 5.66. The third-order valence-electron chi connectivity index (χ3n) is 1.30. The number of nitrogens with one attached hydrogen (secondary N) is 3. The first-order chi connectivity index (χ1) is 9.77. The van der Waals surface area contributed by atoms with E-state index in [0.29, 0.717) is 0 Å². The summed E-state index contributed by atoms with van der Waals surface area (Å²) < 4.78 is 0. The highest BCUT2D eigenvalue weighted by Crippen LogP contribution is 1.67. The van der Waals surface area contributed by atoms with Crippen molar-refractivity contribution in [3.05, 3.63) is 37.2 Å². The van der Waals surface area contributed by atoms with Crippen LogP contribution in [-0.2, 0) is 4.79 Å². The summed E-state index contributed by atoms with van der Waals surface area (Å²) in [7, 11) is 0. The largest absolute Gasteiger partial charge is 0.481 e. The molecule has 0 unspecified atom stereocenters. The van der Waals surface area contributed by atoms with Crippen LogP contribution in [0.2, 0.25) is 0 Å². The van der Waals surface area contributed by atoms with E-state index in [1.807, 2.05) is 0 Å². The molecule has 11 heteroatoms. The predicted octanol–water partition coefficient (Wildman–Crippen LogP) is -0.105. The van der Waals surface area contributed by atoms with E-state index in [1.165, 1.54) is 0 Å². The first-order valence-corrected chi connectivity index (χ1v) is 5.38. The Labute approximate surface area is 113 Å². The normalized spacial score (nSPS) is 7.85. The molecule has 108 valence electrons. The minimum absolute atomic E-state index is 0.222. The van der Waals surface area contributed by atoms with Gasteiger partial charge in [-0.25, -0.2) is 0 Å². The van der Waals surface area contributed by atoms with E-state index in [1.54, 1.807) is 44.1 Å². The molecular weight excluding hydrogens is 266 g/mol. The fourth-order valence-electron chi connectivity index (χ4n) is 0.500. The molecule has 0 spiro atoms. The van der Waals surface area contributed by atoms with Crippen LogP contribution in [-0.4, -0.2) is 57.3 Å². The molecule has 0 aliphatic heterocycles. The van der Waals surface area contributed by atoms with Gasteiger partial charge >= 0.3 is 5.97 Å². The number of carboxylic acids is 1. The first-order valence-electron chi connectivity index (χ1n) is 5.38. The van der Waals surface area contributed by atoms with Gasteiger partial charge in [0.05, 0.1) is 37.2 Å². The van der Waals surface area contributed by atoms with Gasteiger partial charge in [-0.05, 0) is 0 Å². The Bertz CT molecular complexity index is 351. The van der Waals surface area contributed by atoms with Gasteiger partial charge in [-0.2, -0.15) is 46.2 Å². The summed E-state index contributed by atoms with van der Waals surface area (Å²) >= 11 is 0. The average Bonchev–Trinajstić information content (AvgIpc) is 3.27. The quantitative estimate of drug-likeness (QED) is 0.480. The van der Waals surface area contributed by atoms with Gasteiger partial charge < -0.3 is 5.11 Å². The molecule has 0 aliphatic rings. The maximum atomic E-state index is 9.37. The minimum atomic E-state index is -0.745. The second-order valence-corrected chi connectivity index (χ2v) is 2.72. The third-order valence-corrected chi connectivity index (χ3v) is 1.30. The van der Waals surface area contributed by atoms with Gasteiger partial charge in [0, 0.05) is 6.42 Å². The fourth-order valence-corrected chi connectivity index (χ4v) is 0.500. The molecule has 20 heavy (non-hydrogen) atoms. The van der Waals surface area contributed by atoms with E-state index in [-0.39, 0.29) is 6.42 Å². The number of carbonyl (C=O) groups is 1. The molecule has 3 aromatic rings.